The van der Waals surface area contributed by atoms with Crippen molar-refractivity contribution in [1.29, 1.82) is 0 Å². The molecule has 2 aromatic heterocycles. The minimum Gasteiger partial charge on any atom is -0.366 e. The van der Waals surface area contributed by atoms with Crippen molar-refractivity contribution in [1.82, 2.24) is 19.9 Å². The van der Waals surface area contributed by atoms with Gasteiger partial charge in [0.2, 0.25) is 5.91 Å². The standard InChI is InChI=1S/C16H20N6O/c1-13(23)21-5-7-22(8-6-21)16-9-15(19-12-20-16)18-11-14-3-2-4-17-10-14/h2-4,9-10,12H,5-8,11H2,1H3,(H,18,19,20). The number of carbonyl (C=O) groups is 1. The van der Waals surface area contributed by atoms with Gasteiger partial charge in [-0.05, 0) is 11.6 Å². The van der Waals surface area contributed by atoms with Crippen molar-refractivity contribution in [3.63, 3.8) is 0 Å². The number of carbonyl (C=O) groups excluding carboxylic acids is 1. The highest BCUT2D eigenvalue weighted by Gasteiger charge is 2.19. The molecule has 1 aliphatic heterocycles. The molecule has 2 aromatic rings. The lowest BCUT2D eigenvalue weighted by Gasteiger charge is -2.34. The third-order valence-electron chi connectivity index (χ3n) is 3.90. The van der Waals surface area contributed by atoms with Crippen molar-refractivity contribution in [2.24, 2.45) is 0 Å². The summed E-state index contributed by atoms with van der Waals surface area (Å²) in [6.07, 6.45) is 5.15. The van der Waals surface area contributed by atoms with Crippen LogP contribution in [0.25, 0.3) is 0 Å². The molecule has 120 valence electrons. The van der Waals surface area contributed by atoms with Crippen LogP contribution in [0, 0.1) is 0 Å². The van der Waals surface area contributed by atoms with Gasteiger partial charge in [0, 0.05) is 58.1 Å². The van der Waals surface area contributed by atoms with E-state index in [1.54, 1.807) is 19.4 Å². The monoisotopic (exact) mass is 312 g/mol. The fourth-order valence-corrected chi connectivity index (χ4v) is 2.56. The van der Waals surface area contributed by atoms with Crippen LogP contribution < -0.4 is 10.2 Å². The average molecular weight is 312 g/mol. The number of amides is 1. The number of pyridine rings is 1. The zero-order chi connectivity index (χ0) is 16.1. The molecule has 0 radical (unpaired) electrons. The van der Waals surface area contributed by atoms with E-state index in [0.29, 0.717) is 6.54 Å². The molecule has 23 heavy (non-hydrogen) atoms. The molecule has 0 aromatic carbocycles. The van der Waals surface area contributed by atoms with E-state index in [0.717, 1.165) is 43.4 Å². The topological polar surface area (TPSA) is 74.2 Å². The average Bonchev–Trinajstić information content (AvgIpc) is 2.61. The molecule has 0 aliphatic carbocycles. The Morgan fingerprint density at radius 1 is 1.26 bits per heavy atom. The van der Waals surface area contributed by atoms with E-state index in [2.05, 4.69) is 25.2 Å². The molecule has 3 heterocycles. The first-order chi connectivity index (χ1) is 11.2. The maximum atomic E-state index is 11.4. The summed E-state index contributed by atoms with van der Waals surface area (Å²) in [5.74, 6) is 1.80. The zero-order valence-electron chi connectivity index (χ0n) is 13.1. The fraction of sp³-hybridized carbons (Fsp3) is 0.375. The summed E-state index contributed by atoms with van der Waals surface area (Å²) in [7, 11) is 0. The highest BCUT2D eigenvalue weighted by Crippen LogP contribution is 2.16. The van der Waals surface area contributed by atoms with Crippen LogP contribution in [0.3, 0.4) is 0 Å². The second-order valence-electron chi connectivity index (χ2n) is 5.47. The van der Waals surface area contributed by atoms with Crippen molar-refractivity contribution in [2.45, 2.75) is 13.5 Å². The highest BCUT2D eigenvalue weighted by atomic mass is 16.2. The Kier molecular flexibility index (Phi) is 4.65. The van der Waals surface area contributed by atoms with E-state index >= 15 is 0 Å². The summed E-state index contributed by atoms with van der Waals surface area (Å²) in [4.78, 5) is 28.1. The molecular weight excluding hydrogens is 292 g/mol. The van der Waals surface area contributed by atoms with E-state index in [4.69, 9.17) is 0 Å². The molecule has 1 amide bonds. The Hall–Kier alpha value is -2.70. The third kappa shape index (κ3) is 3.94. The van der Waals surface area contributed by atoms with Crippen molar-refractivity contribution < 1.29 is 4.79 Å². The van der Waals surface area contributed by atoms with E-state index in [9.17, 15) is 4.79 Å². The van der Waals surface area contributed by atoms with Gasteiger partial charge in [0.05, 0.1) is 0 Å². The van der Waals surface area contributed by atoms with Crippen LogP contribution in [0.1, 0.15) is 12.5 Å². The normalized spacial score (nSPS) is 14.7. The quantitative estimate of drug-likeness (QED) is 0.913. The van der Waals surface area contributed by atoms with Crippen LogP contribution in [0.15, 0.2) is 36.9 Å². The minimum atomic E-state index is 0.131. The van der Waals surface area contributed by atoms with Crippen molar-refractivity contribution in [3.05, 3.63) is 42.5 Å². The molecule has 1 fully saturated rings. The summed E-state index contributed by atoms with van der Waals surface area (Å²) >= 11 is 0. The van der Waals surface area contributed by atoms with Gasteiger partial charge >= 0.3 is 0 Å². The number of rotatable bonds is 4. The summed E-state index contributed by atoms with van der Waals surface area (Å²) < 4.78 is 0. The SMILES string of the molecule is CC(=O)N1CCN(c2cc(NCc3cccnc3)ncn2)CC1. The predicted octanol–water partition coefficient (Wildman–Crippen LogP) is 1.15. The lowest BCUT2D eigenvalue weighted by atomic mass is 10.3. The lowest BCUT2D eigenvalue weighted by molar-refractivity contribution is -0.129. The van der Waals surface area contributed by atoms with Crippen LogP contribution in [0.2, 0.25) is 0 Å². The van der Waals surface area contributed by atoms with Crippen LogP contribution in [0.4, 0.5) is 11.6 Å². The van der Waals surface area contributed by atoms with Gasteiger partial charge in [-0.1, -0.05) is 6.07 Å². The van der Waals surface area contributed by atoms with E-state index in [1.807, 2.05) is 29.3 Å². The molecule has 0 spiro atoms. The largest absolute Gasteiger partial charge is 0.366 e. The van der Waals surface area contributed by atoms with E-state index in [-0.39, 0.29) is 5.91 Å². The number of nitrogens with one attached hydrogen (secondary N) is 1. The smallest absolute Gasteiger partial charge is 0.219 e. The van der Waals surface area contributed by atoms with Gasteiger partial charge in [-0.3, -0.25) is 9.78 Å². The van der Waals surface area contributed by atoms with Crippen LogP contribution >= 0.6 is 0 Å². The number of nitrogens with zero attached hydrogens (tertiary/aromatic N) is 5. The maximum Gasteiger partial charge on any atom is 0.219 e. The second kappa shape index (κ2) is 7.04. The Morgan fingerprint density at radius 2 is 2.09 bits per heavy atom. The maximum absolute atomic E-state index is 11.4. The van der Waals surface area contributed by atoms with Crippen LogP contribution in [0.5, 0.6) is 0 Å². The van der Waals surface area contributed by atoms with Crippen LogP contribution in [-0.4, -0.2) is 51.9 Å². The van der Waals surface area contributed by atoms with Crippen molar-refractivity contribution in [2.75, 3.05) is 36.4 Å². The summed E-state index contributed by atoms with van der Waals surface area (Å²) in [6, 6.07) is 5.87. The molecule has 3 rings (SSSR count). The Morgan fingerprint density at radius 3 is 2.78 bits per heavy atom. The van der Waals surface area contributed by atoms with E-state index in [1.165, 1.54) is 0 Å². The summed E-state index contributed by atoms with van der Waals surface area (Å²) in [5.41, 5.74) is 1.10. The molecule has 0 bridgehead atoms. The third-order valence-corrected chi connectivity index (χ3v) is 3.90. The van der Waals surface area contributed by atoms with Gasteiger partial charge in [-0.15, -0.1) is 0 Å². The van der Waals surface area contributed by atoms with E-state index < -0.39 is 0 Å². The Labute approximate surface area is 135 Å². The second-order valence-corrected chi connectivity index (χ2v) is 5.47. The molecule has 7 nitrogen and oxygen atoms in total. The van der Waals surface area contributed by atoms with Gasteiger partial charge in [-0.25, -0.2) is 9.97 Å². The van der Waals surface area contributed by atoms with Gasteiger partial charge < -0.3 is 15.1 Å². The number of piperazine rings is 1. The summed E-state index contributed by atoms with van der Waals surface area (Å²) in [6.45, 7) is 5.33. The predicted molar refractivity (Wildman–Crippen MR) is 88.1 cm³/mol. The van der Waals surface area contributed by atoms with Gasteiger partial charge in [0.1, 0.15) is 18.0 Å². The molecule has 1 aliphatic rings. The number of anilines is 2. The minimum absolute atomic E-state index is 0.131. The molecule has 1 saturated heterocycles. The zero-order valence-corrected chi connectivity index (χ0v) is 13.1. The Bertz CT molecular complexity index is 655. The molecule has 0 saturated carbocycles. The first-order valence-corrected chi connectivity index (χ1v) is 7.67. The fourth-order valence-electron chi connectivity index (χ4n) is 2.56. The van der Waals surface area contributed by atoms with Gasteiger partial charge in [-0.2, -0.15) is 0 Å². The van der Waals surface area contributed by atoms with Crippen molar-refractivity contribution >= 4 is 17.5 Å². The first kappa shape index (κ1) is 15.2. The van der Waals surface area contributed by atoms with Crippen molar-refractivity contribution in [3.8, 4) is 0 Å². The van der Waals surface area contributed by atoms with Crippen LogP contribution in [-0.2, 0) is 11.3 Å². The van der Waals surface area contributed by atoms with Gasteiger partial charge in [0.25, 0.3) is 0 Å². The number of aromatic nitrogens is 3. The number of hydrogen-bond donors (Lipinski definition) is 1. The molecule has 0 atom stereocenters. The first-order valence-electron chi connectivity index (χ1n) is 7.67. The molecular formula is C16H20N6O. The molecule has 1 N–H and O–H groups in total. The molecule has 0 unspecified atom stereocenters. The Balaban J connectivity index is 1.60. The van der Waals surface area contributed by atoms with Gasteiger partial charge in [0.15, 0.2) is 0 Å². The number of hydrogen-bond acceptors (Lipinski definition) is 6. The summed E-state index contributed by atoms with van der Waals surface area (Å²) in [5, 5.41) is 3.29. The highest BCUT2D eigenvalue weighted by molar-refractivity contribution is 5.73. The molecule has 7 heteroatoms. The lowest BCUT2D eigenvalue weighted by Crippen LogP contribution is -2.48.